The van der Waals surface area contributed by atoms with Gasteiger partial charge in [-0.25, -0.2) is 8.42 Å². The third kappa shape index (κ3) is 4.47. The van der Waals surface area contributed by atoms with Crippen LogP contribution in [0.1, 0.15) is 24.5 Å². The molecular weight excluding hydrogens is 376 g/mol. The van der Waals surface area contributed by atoms with E-state index in [1.54, 1.807) is 24.3 Å². The third-order valence-corrected chi connectivity index (χ3v) is 6.27. The van der Waals surface area contributed by atoms with Gasteiger partial charge >= 0.3 is 0 Å². The fourth-order valence-corrected chi connectivity index (χ4v) is 3.79. The Labute approximate surface area is 166 Å². The van der Waals surface area contributed by atoms with Crippen LogP contribution in [0.25, 0.3) is 0 Å². The van der Waals surface area contributed by atoms with Crippen LogP contribution in [0, 0.1) is 0 Å². The maximum absolute atomic E-state index is 13.0. The Morgan fingerprint density at radius 1 is 1.14 bits per heavy atom. The van der Waals surface area contributed by atoms with Crippen molar-refractivity contribution in [2.45, 2.75) is 32.4 Å². The molecule has 0 aromatic heterocycles. The number of hydrogen-bond donors (Lipinski definition) is 0. The van der Waals surface area contributed by atoms with Crippen LogP contribution in [0.2, 0.25) is 0 Å². The van der Waals surface area contributed by atoms with Gasteiger partial charge in [-0.05, 0) is 48.2 Å². The zero-order chi connectivity index (χ0) is 20.3. The molecule has 28 heavy (non-hydrogen) atoms. The van der Waals surface area contributed by atoms with Crippen LogP contribution in [-0.4, -0.2) is 45.2 Å². The van der Waals surface area contributed by atoms with E-state index < -0.39 is 16.1 Å². The number of anilines is 1. The highest BCUT2D eigenvalue weighted by molar-refractivity contribution is 7.92. The van der Waals surface area contributed by atoms with E-state index in [1.807, 2.05) is 24.0 Å². The van der Waals surface area contributed by atoms with E-state index in [0.29, 0.717) is 30.9 Å². The summed E-state index contributed by atoms with van der Waals surface area (Å²) < 4.78 is 30.4. The maximum atomic E-state index is 13.0. The highest BCUT2D eigenvalue weighted by Crippen LogP contribution is 2.24. The molecular formula is C21H26N2O4S. The number of sulfonamides is 1. The van der Waals surface area contributed by atoms with Crippen LogP contribution in [-0.2, 0) is 27.8 Å². The number of carbonyl (C=O) groups is 1. The Hall–Kier alpha value is -2.54. The van der Waals surface area contributed by atoms with E-state index in [2.05, 4.69) is 12.1 Å². The summed E-state index contributed by atoms with van der Waals surface area (Å²) >= 11 is 0. The van der Waals surface area contributed by atoms with Crippen molar-refractivity contribution >= 4 is 21.6 Å². The molecule has 0 saturated heterocycles. The fraction of sp³-hybridized carbons (Fsp3) is 0.381. The van der Waals surface area contributed by atoms with Gasteiger partial charge in [-0.1, -0.05) is 31.2 Å². The molecule has 0 bridgehead atoms. The lowest BCUT2D eigenvalue weighted by molar-refractivity contribution is -0.139. The molecule has 1 aliphatic rings. The maximum Gasteiger partial charge on any atom is 0.263 e. The summed E-state index contributed by atoms with van der Waals surface area (Å²) in [5, 5.41) is 0. The number of amides is 1. The van der Waals surface area contributed by atoms with E-state index in [-0.39, 0.29) is 5.91 Å². The van der Waals surface area contributed by atoms with Gasteiger partial charge in [0.25, 0.3) is 5.91 Å². The second-order valence-corrected chi connectivity index (χ2v) is 9.03. The van der Waals surface area contributed by atoms with Gasteiger partial charge in [0, 0.05) is 20.1 Å². The van der Waals surface area contributed by atoms with Crippen LogP contribution in [0.15, 0.2) is 48.5 Å². The molecule has 7 heteroatoms. The van der Waals surface area contributed by atoms with Gasteiger partial charge in [0.05, 0.1) is 11.9 Å². The van der Waals surface area contributed by atoms with E-state index in [1.165, 1.54) is 22.5 Å². The molecule has 0 fully saturated rings. The number of rotatable bonds is 6. The highest BCUT2D eigenvalue weighted by Gasteiger charge is 2.27. The first-order valence-corrected chi connectivity index (χ1v) is 11.2. The standard InChI is InChI=1S/C21H26N2O4S/c1-4-20(21(24)23-14-13-16-7-5-6-8-17(16)15-23)27-19-11-9-18(10-12-19)22(2)28(3,25)26/h5-12,20H,4,13-15H2,1-3H3. The molecule has 1 amide bonds. The van der Waals surface area contributed by atoms with Gasteiger partial charge in [0.1, 0.15) is 5.75 Å². The summed E-state index contributed by atoms with van der Waals surface area (Å²) in [6.45, 7) is 3.22. The zero-order valence-electron chi connectivity index (χ0n) is 16.5. The average molecular weight is 403 g/mol. The second-order valence-electron chi connectivity index (χ2n) is 7.02. The summed E-state index contributed by atoms with van der Waals surface area (Å²) in [6, 6.07) is 14.9. The third-order valence-electron chi connectivity index (χ3n) is 5.06. The van der Waals surface area contributed by atoms with Gasteiger partial charge in [0.15, 0.2) is 6.10 Å². The molecule has 0 radical (unpaired) electrons. The molecule has 3 rings (SSSR count). The monoisotopic (exact) mass is 402 g/mol. The molecule has 0 aliphatic carbocycles. The predicted molar refractivity (Wildman–Crippen MR) is 110 cm³/mol. The molecule has 0 N–H and O–H groups in total. The van der Waals surface area contributed by atoms with Crippen molar-refractivity contribution in [1.82, 2.24) is 4.90 Å². The number of hydrogen-bond acceptors (Lipinski definition) is 4. The Morgan fingerprint density at radius 3 is 2.39 bits per heavy atom. The number of nitrogens with zero attached hydrogens (tertiary/aromatic N) is 2. The first kappa shape index (κ1) is 20.2. The SMILES string of the molecule is CCC(Oc1ccc(N(C)S(C)(=O)=O)cc1)C(=O)N1CCc2ccccc2C1. The lowest BCUT2D eigenvalue weighted by Crippen LogP contribution is -2.44. The second kappa shape index (κ2) is 8.22. The van der Waals surface area contributed by atoms with E-state index >= 15 is 0 Å². The fourth-order valence-electron chi connectivity index (χ4n) is 3.29. The van der Waals surface area contributed by atoms with Crippen molar-refractivity contribution in [1.29, 1.82) is 0 Å². The van der Waals surface area contributed by atoms with Crippen molar-refractivity contribution in [3.63, 3.8) is 0 Å². The summed E-state index contributed by atoms with van der Waals surface area (Å²) in [5.74, 6) is 0.526. The Kier molecular flexibility index (Phi) is 5.93. The first-order chi connectivity index (χ1) is 13.3. The Bertz CT molecular complexity index is 941. The number of benzene rings is 2. The van der Waals surface area contributed by atoms with Gasteiger partial charge in [-0.15, -0.1) is 0 Å². The molecule has 1 unspecified atom stereocenters. The predicted octanol–water partition coefficient (Wildman–Crippen LogP) is 2.82. The van der Waals surface area contributed by atoms with Crippen molar-refractivity contribution in [2.24, 2.45) is 0 Å². The van der Waals surface area contributed by atoms with Crippen molar-refractivity contribution in [3.8, 4) is 5.75 Å². The quantitative estimate of drug-likeness (QED) is 0.745. The minimum atomic E-state index is -3.32. The van der Waals surface area contributed by atoms with E-state index in [0.717, 1.165) is 12.7 Å². The largest absolute Gasteiger partial charge is 0.481 e. The van der Waals surface area contributed by atoms with Crippen LogP contribution in [0.5, 0.6) is 5.75 Å². The summed E-state index contributed by atoms with van der Waals surface area (Å²) in [4.78, 5) is 14.8. The van der Waals surface area contributed by atoms with E-state index in [4.69, 9.17) is 4.74 Å². The molecule has 1 atom stereocenters. The number of carbonyl (C=O) groups excluding carboxylic acids is 1. The molecule has 1 aliphatic heterocycles. The Balaban J connectivity index is 1.68. The normalized spacial score (nSPS) is 14.9. The van der Waals surface area contributed by atoms with Gasteiger partial charge in [-0.2, -0.15) is 0 Å². The van der Waals surface area contributed by atoms with Crippen molar-refractivity contribution in [2.75, 3.05) is 24.2 Å². The molecule has 2 aromatic rings. The average Bonchev–Trinajstić information content (AvgIpc) is 2.70. The topological polar surface area (TPSA) is 66.9 Å². The highest BCUT2D eigenvalue weighted by atomic mass is 32.2. The first-order valence-electron chi connectivity index (χ1n) is 9.35. The number of fused-ring (bicyclic) bond motifs is 1. The van der Waals surface area contributed by atoms with Gasteiger partial charge in [-0.3, -0.25) is 9.10 Å². The zero-order valence-corrected chi connectivity index (χ0v) is 17.3. The number of ether oxygens (including phenoxy) is 1. The summed E-state index contributed by atoms with van der Waals surface area (Å²) in [5.41, 5.74) is 3.03. The summed E-state index contributed by atoms with van der Waals surface area (Å²) in [6.07, 6.45) is 2.00. The smallest absolute Gasteiger partial charge is 0.263 e. The van der Waals surface area contributed by atoms with Crippen molar-refractivity contribution < 1.29 is 17.9 Å². The van der Waals surface area contributed by atoms with E-state index in [9.17, 15) is 13.2 Å². The molecule has 6 nitrogen and oxygen atoms in total. The molecule has 0 spiro atoms. The van der Waals surface area contributed by atoms with Crippen LogP contribution >= 0.6 is 0 Å². The molecule has 150 valence electrons. The van der Waals surface area contributed by atoms with Crippen LogP contribution < -0.4 is 9.04 Å². The van der Waals surface area contributed by atoms with Gasteiger partial charge in [0.2, 0.25) is 10.0 Å². The van der Waals surface area contributed by atoms with Crippen LogP contribution in [0.4, 0.5) is 5.69 Å². The molecule has 0 saturated carbocycles. The van der Waals surface area contributed by atoms with Crippen LogP contribution in [0.3, 0.4) is 0 Å². The molecule has 2 aromatic carbocycles. The Morgan fingerprint density at radius 2 is 1.79 bits per heavy atom. The lowest BCUT2D eigenvalue weighted by atomic mass is 9.99. The van der Waals surface area contributed by atoms with Gasteiger partial charge < -0.3 is 9.64 Å². The molecule has 1 heterocycles. The minimum absolute atomic E-state index is 0.0191. The lowest BCUT2D eigenvalue weighted by Gasteiger charge is -2.31. The summed E-state index contributed by atoms with van der Waals surface area (Å²) in [7, 11) is -1.82. The van der Waals surface area contributed by atoms with Crippen molar-refractivity contribution in [3.05, 3.63) is 59.7 Å². The minimum Gasteiger partial charge on any atom is -0.481 e.